The minimum Gasteiger partial charge on any atom is -0.389 e. The average Bonchev–Trinajstić information content (AvgIpc) is 2.25. The van der Waals surface area contributed by atoms with Crippen molar-refractivity contribution in [2.75, 3.05) is 30.0 Å². The fourth-order valence-electron chi connectivity index (χ4n) is 1.19. The van der Waals surface area contributed by atoms with Crippen LogP contribution >= 0.6 is 11.8 Å². The van der Waals surface area contributed by atoms with Crippen LogP contribution in [0.4, 0.5) is 11.6 Å². The smallest absolute Gasteiger partial charge is 0.191 e. The topological polar surface area (TPSA) is 70.1 Å². The van der Waals surface area contributed by atoms with E-state index in [0.717, 1.165) is 18.2 Å². The van der Waals surface area contributed by atoms with Crippen LogP contribution in [0.5, 0.6) is 0 Å². The van der Waals surface area contributed by atoms with E-state index in [1.54, 1.807) is 13.8 Å². The first-order chi connectivity index (χ1) is 7.94. The van der Waals surface area contributed by atoms with Crippen molar-refractivity contribution >= 4 is 23.4 Å². The Morgan fingerprint density at radius 1 is 1.29 bits per heavy atom. The molecule has 6 heteroatoms. The molecule has 0 spiro atoms. The second-order valence-electron chi connectivity index (χ2n) is 4.32. The number of nitrogens with one attached hydrogen (secondary N) is 2. The maximum absolute atomic E-state index is 9.65. The molecule has 0 radical (unpaired) electrons. The third-order valence-electron chi connectivity index (χ3n) is 1.95. The zero-order chi connectivity index (χ0) is 12.9. The van der Waals surface area contributed by atoms with E-state index in [1.165, 1.54) is 11.8 Å². The second kappa shape index (κ2) is 6.07. The fourth-order valence-corrected chi connectivity index (χ4v) is 1.56. The minimum atomic E-state index is -0.761. The number of aliphatic hydroxyl groups is 1. The van der Waals surface area contributed by atoms with E-state index >= 15 is 0 Å². The van der Waals surface area contributed by atoms with Gasteiger partial charge in [0.1, 0.15) is 11.6 Å². The Morgan fingerprint density at radius 2 is 1.88 bits per heavy atom. The van der Waals surface area contributed by atoms with Crippen LogP contribution in [0.2, 0.25) is 0 Å². The van der Waals surface area contributed by atoms with Gasteiger partial charge in [0.2, 0.25) is 0 Å². The lowest BCUT2D eigenvalue weighted by molar-refractivity contribution is 0.0944. The van der Waals surface area contributed by atoms with E-state index in [0.29, 0.717) is 11.7 Å². The third-order valence-corrected chi connectivity index (χ3v) is 2.50. The van der Waals surface area contributed by atoms with Crippen molar-refractivity contribution < 1.29 is 5.11 Å². The summed E-state index contributed by atoms with van der Waals surface area (Å²) in [4.78, 5) is 8.65. The van der Waals surface area contributed by atoms with Crippen LogP contribution in [0.25, 0.3) is 0 Å². The monoisotopic (exact) mass is 256 g/mol. The molecule has 0 aromatic carbocycles. The van der Waals surface area contributed by atoms with Crippen LogP contribution in [0.1, 0.15) is 20.8 Å². The average molecular weight is 256 g/mol. The summed E-state index contributed by atoms with van der Waals surface area (Å²) in [6.07, 6.45) is 1.94. The molecule has 0 bridgehead atoms. The highest BCUT2D eigenvalue weighted by atomic mass is 32.2. The quantitative estimate of drug-likeness (QED) is 0.533. The molecule has 5 nitrogen and oxygen atoms in total. The maximum Gasteiger partial charge on any atom is 0.191 e. The molecule has 0 aliphatic rings. The van der Waals surface area contributed by atoms with Crippen molar-refractivity contribution in [3.63, 3.8) is 0 Å². The van der Waals surface area contributed by atoms with Crippen molar-refractivity contribution in [1.29, 1.82) is 0 Å². The predicted molar refractivity (Wildman–Crippen MR) is 72.8 cm³/mol. The molecule has 1 heterocycles. The van der Waals surface area contributed by atoms with Crippen molar-refractivity contribution in [3.05, 3.63) is 6.07 Å². The number of rotatable bonds is 6. The van der Waals surface area contributed by atoms with Crippen LogP contribution in [0, 0.1) is 0 Å². The normalized spacial score (nSPS) is 11.4. The standard InChI is InChI=1S/C11H20N4OS/c1-5-12-8-6-9(13-7-11(2,3)16)15-10(14-8)17-4/h6,16H,5,7H2,1-4H3,(H2,12,13,14,15). The predicted octanol–water partition coefficient (Wildman–Crippen LogP) is 1.81. The number of thioether (sulfide) groups is 1. The maximum atomic E-state index is 9.65. The highest BCUT2D eigenvalue weighted by Crippen LogP contribution is 2.17. The molecule has 0 aliphatic heterocycles. The van der Waals surface area contributed by atoms with Gasteiger partial charge in [0.05, 0.1) is 5.60 Å². The van der Waals surface area contributed by atoms with Gasteiger partial charge in [-0.3, -0.25) is 0 Å². The van der Waals surface area contributed by atoms with Crippen LogP contribution < -0.4 is 10.6 Å². The van der Waals surface area contributed by atoms with Crippen molar-refractivity contribution in [2.24, 2.45) is 0 Å². The molecular formula is C11H20N4OS. The van der Waals surface area contributed by atoms with Crippen LogP contribution in [0.15, 0.2) is 11.2 Å². The van der Waals surface area contributed by atoms with Gasteiger partial charge in [0.25, 0.3) is 0 Å². The Balaban J connectivity index is 2.79. The number of nitrogens with zero attached hydrogens (tertiary/aromatic N) is 2. The first-order valence-corrected chi connectivity index (χ1v) is 6.80. The van der Waals surface area contributed by atoms with E-state index < -0.39 is 5.60 Å². The van der Waals surface area contributed by atoms with Gasteiger partial charge in [0.15, 0.2) is 5.16 Å². The van der Waals surface area contributed by atoms with Gasteiger partial charge < -0.3 is 15.7 Å². The molecule has 17 heavy (non-hydrogen) atoms. The van der Waals surface area contributed by atoms with Crippen molar-refractivity contribution in [2.45, 2.75) is 31.5 Å². The molecule has 1 aromatic heterocycles. The van der Waals surface area contributed by atoms with E-state index in [2.05, 4.69) is 20.6 Å². The summed E-state index contributed by atoms with van der Waals surface area (Å²) in [5, 5.41) is 16.6. The summed E-state index contributed by atoms with van der Waals surface area (Å²) in [5.74, 6) is 1.52. The van der Waals surface area contributed by atoms with Crippen LogP contribution in [0.3, 0.4) is 0 Å². The zero-order valence-electron chi connectivity index (χ0n) is 10.7. The van der Waals surface area contributed by atoms with Crippen molar-refractivity contribution in [1.82, 2.24) is 9.97 Å². The molecule has 1 rings (SSSR count). The van der Waals surface area contributed by atoms with Gasteiger partial charge in [-0.15, -0.1) is 0 Å². The summed E-state index contributed by atoms with van der Waals surface area (Å²) in [7, 11) is 0. The van der Waals surface area contributed by atoms with Gasteiger partial charge in [-0.1, -0.05) is 11.8 Å². The summed E-state index contributed by atoms with van der Waals surface area (Å²) in [5.41, 5.74) is -0.761. The molecule has 0 saturated carbocycles. The van der Waals surface area contributed by atoms with Gasteiger partial charge in [-0.25, -0.2) is 9.97 Å². The molecule has 0 saturated heterocycles. The first-order valence-electron chi connectivity index (χ1n) is 5.58. The lowest BCUT2D eigenvalue weighted by Crippen LogP contribution is -2.29. The molecule has 0 atom stereocenters. The Bertz CT molecular complexity index is 365. The van der Waals surface area contributed by atoms with E-state index in [1.807, 2.05) is 19.2 Å². The molecular weight excluding hydrogens is 236 g/mol. The Kier molecular flexibility index (Phi) is 5.02. The number of anilines is 2. The number of hydrogen-bond donors (Lipinski definition) is 3. The first kappa shape index (κ1) is 14.1. The van der Waals surface area contributed by atoms with E-state index in [9.17, 15) is 5.11 Å². The SMILES string of the molecule is CCNc1cc(NCC(C)(C)O)nc(SC)n1. The second-order valence-corrected chi connectivity index (χ2v) is 5.09. The third kappa shape index (κ3) is 5.23. The van der Waals surface area contributed by atoms with E-state index in [4.69, 9.17) is 0 Å². The largest absolute Gasteiger partial charge is 0.389 e. The summed E-state index contributed by atoms with van der Waals surface area (Å²) in [6.45, 7) is 6.79. The highest BCUT2D eigenvalue weighted by molar-refractivity contribution is 7.98. The molecule has 1 aromatic rings. The molecule has 0 fully saturated rings. The molecule has 96 valence electrons. The molecule has 0 unspecified atom stereocenters. The number of hydrogen-bond acceptors (Lipinski definition) is 6. The van der Waals surface area contributed by atoms with Gasteiger partial charge in [-0.2, -0.15) is 0 Å². The Labute approximate surface area is 106 Å². The lowest BCUT2D eigenvalue weighted by Gasteiger charge is -2.18. The molecule has 0 aliphatic carbocycles. The Morgan fingerprint density at radius 3 is 2.35 bits per heavy atom. The van der Waals surface area contributed by atoms with Gasteiger partial charge in [-0.05, 0) is 27.0 Å². The summed E-state index contributed by atoms with van der Waals surface area (Å²) >= 11 is 1.49. The molecule has 0 amide bonds. The summed E-state index contributed by atoms with van der Waals surface area (Å²) < 4.78 is 0. The van der Waals surface area contributed by atoms with Gasteiger partial charge in [0, 0.05) is 19.2 Å². The van der Waals surface area contributed by atoms with Crippen molar-refractivity contribution in [3.8, 4) is 0 Å². The zero-order valence-corrected chi connectivity index (χ0v) is 11.6. The van der Waals surface area contributed by atoms with Crippen LogP contribution in [-0.4, -0.2) is 40.0 Å². The summed E-state index contributed by atoms with van der Waals surface area (Å²) in [6, 6.07) is 1.84. The van der Waals surface area contributed by atoms with Crippen LogP contribution in [-0.2, 0) is 0 Å². The lowest BCUT2D eigenvalue weighted by atomic mass is 10.1. The Hall–Kier alpha value is -1.01. The fraction of sp³-hybridized carbons (Fsp3) is 0.636. The minimum absolute atomic E-state index is 0.448. The highest BCUT2D eigenvalue weighted by Gasteiger charge is 2.12. The van der Waals surface area contributed by atoms with Gasteiger partial charge >= 0.3 is 0 Å². The molecule has 3 N–H and O–H groups in total. The van der Waals surface area contributed by atoms with E-state index in [-0.39, 0.29) is 0 Å². The number of aromatic nitrogens is 2.